The third-order valence-corrected chi connectivity index (χ3v) is 6.50. The summed E-state index contributed by atoms with van der Waals surface area (Å²) >= 11 is 7.53. The van der Waals surface area contributed by atoms with Crippen LogP contribution in [0.4, 0.5) is 0 Å². The molecule has 0 bridgehead atoms. The van der Waals surface area contributed by atoms with Gasteiger partial charge in [-0.25, -0.2) is 0 Å². The smallest absolute Gasteiger partial charge is 0.203 e. The van der Waals surface area contributed by atoms with E-state index in [-0.39, 0.29) is 0 Å². The first kappa shape index (κ1) is 19.3. The molecule has 5 nitrogen and oxygen atoms in total. The number of rotatable bonds is 7. The van der Waals surface area contributed by atoms with Gasteiger partial charge in [-0.15, -0.1) is 11.7 Å². The summed E-state index contributed by atoms with van der Waals surface area (Å²) in [5.41, 5.74) is 2.55. The lowest BCUT2D eigenvalue weighted by molar-refractivity contribution is -1.03. The second-order valence-electron chi connectivity index (χ2n) is 7.34. The molecule has 2 aromatic heterocycles. The lowest BCUT2D eigenvalue weighted by atomic mass is 10.2. The van der Waals surface area contributed by atoms with Gasteiger partial charge >= 0.3 is 0 Å². The van der Waals surface area contributed by atoms with Crippen molar-refractivity contribution in [1.29, 1.82) is 0 Å². The average molecular weight is 414 g/mol. The number of allylic oxidation sites excluding steroid dienone is 1. The van der Waals surface area contributed by atoms with E-state index in [1.165, 1.54) is 18.7 Å². The van der Waals surface area contributed by atoms with Crippen LogP contribution in [0.2, 0.25) is 0 Å². The summed E-state index contributed by atoms with van der Waals surface area (Å²) in [6.45, 7) is 11.2. The molecule has 2 N–H and O–H groups in total. The highest BCUT2D eigenvalue weighted by molar-refractivity contribution is 7.71. The number of benzene rings is 1. The fraction of sp³-hybridized carbons (Fsp3) is 0.333. The Kier molecular flexibility index (Phi) is 6.17. The van der Waals surface area contributed by atoms with Crippen LogP contribution in [0.5, 0.6) is 0 Å². The summed E-state index contributed by atoms with van der Waals surface area (Å²) in [7, 11) is 0. The predicted octanol–water partition coefficient (Wildman–Crippen LogP) is 1.27. The third-order valence-electron chi connectivity index (χ3n) is 5.34. The summed E-state index contributed by atoms with van der Waals surface area (Å²) < 4.78 is 4.86. The summed E-state index contributed by atoms with van der Waals surface area (Å²) in [5, 5.41) is 9.31. The number of nitrogens with zero attached hydrogens (tertiary/aromatic N) is 3. The molecule has 0 amide bonds. The highest BCUT2D eigenvalue weighted by Gasteiger charge is 2.24. The maximum absolute atomic E-state index is 5.75. The van der Waals surface area contributed by atoms with Gasteiger partial charge < -0.3 is 9.80 Å². The van der Waals surface area contributed by atoms with Crippen molar-refractivity contribution in [3.8, 4) is 11.4 Å². The van der Waals surface area contributed by atoms with Gasteiger partial charge in [0.15, 0.2) is 12.5 Å². The van der Waals surface area contributed by atoms with Gasteiger partial charge in [0, 0.05) is 17.7 Å². The van der Waals surface area contributed by atoms with Crippen LogP contribution in [-0.4, -0.2) is 40.5 Å². The minimum Gasteiger partial charge on any atom is -0.322 e. The van der Waals surface area contributed by atoms with Crippen molar-refractivity contribution in [2.24, 2.45) is 0 Å². The quantitative estimate of drug-likeness (QED) is 0.452. The van der Waals surface area contributed by atoms with Crippen molar-refractivity contribution in [1.82, 2.24) is 14.3 Å². The number of thiophene rings is 1. The lowest BCUT2D eigenvalue weighted by Crippen LogP contribution is -3.27. The van der Waals surface area contributed by atoms with Gasteiger partial charge in [-0.1, -0.05) is 36.4 Å². The van der Waals surface area contributed by atoms with Gasteiger partial charge in [-0.3, -0.25) is 4.57 Å². The first-order valence-electron chi connectivity index (χ1n) is 9.77. The molecular formula is C21H27N5S2+2. The maximum atomic E-state index is 5.75. The molecule has 0 atom stereocenters. The number of quaternary nitrogens is 2. The van der Waals surface area contributed by atoms with E-state index in [4.69, 9.17) is 17.3 Å². The first-order valence-corrected chi connectivity index (χ1v) is 11.1. The molecule has 1 saturated heterocycles. The van der Waals surface area contributed by atoms with Crippen molar-refractivity contribution in [2.45, 2.75) is 19.8 Å². The standard InChI is InChI=1S/C21H25N5S2/c1-2-9-25-20(19-6-4-3-5-7-19)22-26(21(25)27)17-24-12-10-23(11-13-24)15-18-8-14-28-16-18/h2-8,14,16H,1,9-13,15,17H2/p+2. The average Bonchev–Trinajstić information content (AvgIpc) is 3.34. The Balaban J connectivity index is 1.45. The summed E-state index contributed by atoms with van der Waals surface area (Å²) in [6, 6.07) is 12.5. The van der Waals surface area contributed by atoms with Crippen LogP contribution in [0.1, 0.15) is 5.56 Å². The van der Waals surface area contributed by atoms with Crippen LogP contribution in [0, 0.1) is 4.77 Å². The molecule has 3 aromatic rings. The van der Waals surface area contributed by atoms with Crippen LogP contribution >= 0.6 is 23.6 Å². The largest absolute Gasteiger partial charge is 0.322 e. The molecule has 4 rings (SSSR count). The van der Waals surface area contributed by atoms with Gasteiger partial charge in [-0.2, -0.15) is 16.0 Å². The Bertz CT molecular complexity index is 951. The van der Waals surface area contributed by atoms with Crippen LogP contribution in [0.3, 0.4) is 0 Å². The molecule has 0 saturated carbocycles. The number of hydrogen-bond donors (Lipinski definition) is 2. The monoisotopic (exact) mass is 413 g/mol. The fourth-order valence-corrected chi connectivity index (χ4v) is 4.76. The zero-order valence-electron chi connectivity index (χ0n) is 16.0. The third kappa shape index (κ3) is 4.33. The number of nitrogens with one attached hydrogen (secondary N) is 2. The van der Waals surface area contributed by atoms with E-state index in [0.29, 0.717) is 6.54 Å². The molecule has 7 heteroatoms. The molecule has 146 valence electrons. The van der Waals surface area contributed by atoms with E-state index in [0.717, 1.165) is 42.5 Å². The van der Waals surface area contributed by atoms with Gasteiger partial charge in [0.2, 0.25) is 4.77 Å². The van der Waals surface area contributed by atoms with Crippen molar-refractivity contribution in [2.75, 3.05) is 26.2 Å². The van der Waals surface area contributed by atoms with E-state index in [9.17, 15) is 0 Å². The lowest BCUT2D eigenvalue weighted by Gasteiger charge is -2.29. The van der Waals surface area contributed by atoms with Crippen LogP contribution in [0.25, 0.3) is 11.4 Å². The molecule has 1 aliphatic rings. The van der Waals surface area contributed by atoms with Crippen molar-refractivity contribution in [3.05, 3.63) is 70.1 Å². The molecule has 1 fully saturated rings. The topological polar surface area (TPSA) is 31.6 Å². The number of piperazine rings is 1. The Labute approximate surface area is 175 Å². The number of hydrogen-bond acceptors (Lipinski definition) is 3. The Morgan fingerprint density at radius 3 is 2.54 bits per heavy atom. The Morgan fingerprint density at radius 2 is 1.86 bits per heavy atom. The Hall–Kier alpha value is -2.06. The second-order valence-corrected chi connectivity index (χ2v) is 8.48. The van der Waals surface area contributed by atoms with E-state index < -0.39 is 0 Å². The zero-order valence-corrected chi connectivity index (χ0v) is 17.6. The van der Waals surface area contributed by atoms with Crippen molar-refractivity contribution in [3.63, 3.8) is 0 Å². The summed E-state index contributed by atoms with van der Waals surface area (Å²) in [5.74, 6) is 0.923. The fourth-order valence-electron chi connectivity index (χ4n) is 3.82. The SMILES string of the molecule is C=CCn1c(-c2ccccc2)nn(C[NH+]2CC[NH+](Cc3ccsc3)CC2)c1=S. The van der Waals surface area contributed by atoms with E-state index in [2.05, 4.69) is 40.1 Å². The van der Waals surface area contributed by atoms with Gasteiger partial charge in [0.05, 0.1) is 0 Å². The van der Waals surface area contributed by atoms with E-state index in [1.54, 1.807) is 21.1 Å². The molecule has 1 aliphatic heterocycles. The molecule has 1 aromatic carbocycles. The molecule has 0 spiro atoms. The van der Waals surface area contributed by atoms with Crippen LogP contribution < -0.4 is 9.80 Å². The van der Waals surface area contributed by atoms with E-state index >= 15 is 0 Å². The zero-order chi connectivity index (χ0) is 19.3. The predicted molar refractivity (Wildman–Crippen MR) is 116 cm³/mol. The molecule has 0 unspecified atom stereocenters. The second kappa shape index (κ2) is 8.96. The molecule has 0 aliphatic carbocycles. The van der Waals surface area contributed by atoms with Gasteiger partial charge in [0.1, 0.15) is 32.7 Å². The molecule has 0 radical (unpaired) electrons. The number of aromatic nitrogens is 3. The minimum atomic E-state index is 0.678. The maximum Gasteiger partial charge on any atom is 0.203 e. The summed E-state index contributed by atoms with van der Waals surface area (Å²) in [4.78, 5) is 3.22. The Morgan fingerprint density at radius 1 is 1.11 bits per heavy atom. The van der Waals surface area contributed by atoms with Gasteiger partial charge in [0.25, 0.3) is 0 Å². The van der Waals surface area contributed by atoms with Crippen molar-refractivity contribution >= 4 is 23.6 Å². The summed E-state index contributed by atoms with van der Waals surface area (Å²) in [6.07, 6.45) is 1.88. The molecule has 28 heavy (non-hydrogen) atoms. The van der Waals surface area contributed by atoms with Crippen LogP contribution in [-0.2, 0) is 19.8 Å². The van der Waals surface area contributed by atoms with E-state index in [1.807, 2.05) is 29.0 Å². The highest BCUT2D eigenvalue weighted by atomic mass is 32.1. The van der Waals surface area contributed by atoms with Gasteiger partial charge in [-0.05, 0) is 29.0 Å². The van der Waals surface area contributed by atoms with Crippen molar-refractivity contribution < 1.29 is 9.80 Å². The minimum absolute atomic E-state index is 0.678. The first-order chi connectivity index (χ1) is 13.7. The molecule has 3 heterocycles. The normalized spacial score (nSPS) is 19.6. The highest BCUT2D eigenvalue weighted by Crippen LogP contribution is 2.17. The molecular weight excluding hydrogens is 386 g/mol. The van der Waals surface area contributed by atoms with Crippen LogP contribution in [0.15, 0.2) is 59.8 Å².